The third-order valence-corrected chi connectivity index (χ3v) is 4.91. The van der Waals surface area contributed by atoms with E-state index in [1.54, 1.807) is 21.5 Å². The van der Waals surface area contributed by atoms with Crippen molar-refractivity contribution in [2.24, 2.45) is 13.0 Å². The third-order valence-electron chi connectivity index (χ3n) is 4.91. The Labute approximate surface area is 154 Å². The summed E-state index contributed by atoms with van der Waals surface area (Å²) in [7, 11) is 3.64. The lowest BCUT2D eigenvalue weighted by Gasteiger charge is -2.22. The number of likely N-dealkylation sites (tertiary alicyclic amines) is 1. The van der Waals surface area contributed by atoms with Crippen LogP contribution in [0.3, 0.4) is 0 Å². The van der Waals surface area contributed by atoms with Gasteiger partial charge in [0.25, 0.3) is 0 Å². The van der Waals surface area contributed by atoms with E-state index in [1.807, 2.05) is 38.2 Å². The van der Waals surface area contributed by atoms with E-state index >= 15 is 0 Å². The van der Waals surface area contributed by atoms with Gasteiger partial charge in [-0.15, -0.1) is 0 Å². The Morgan fingerprint density at radius 3 is 2.69 bits per heavy atom. The zero-order valence-corrected chi connectivity index (χ0v) is 15.7. The molecule has 0 bridgehead atoms. The predicted molar refractivity (Wildman–Crippen MR) is 99.3 cm³/mol. The van der Waals surface area contributed by atoms with Gasteiger partial charge in [0, 0.05) is 27.1 Å². The van der Waals surface area contributed by atoms with Crippen molar-refractivity contribution < 1.29 is 9.59 Å². The summed E-state index contributed by atoms with van der Waals surface area (Å²) < 4.78 is 1.79. The van der Waals surface area contributed by atoms with Gasteiger partial charge < -0.3 is 9.80 Å². The van der Waals surface area contributed by atoms with Crippen molar-refractivity contribution in [3.8, 4) is 0 Å². The molecule has 0 aliphatic carbocycles. The van der Waals surface area contributed by atoms with Gasteiger partial charge in [0.15, 0.2) is 0 Å². The molecule has 1 atom stereocenters. The monoisotopic (exact) mass is 354 g/mol. The lowest BCUT2D eigenvalue weighted by molar-refractivity contribution is -0.137. The molecule has 2 amide bonds. The molecule has 26 heavy (non-hydrogen) atoms. The van der Waals surface area contributed by atoms with E-state index in [1.165, 1.54) is 5.56 Å². The largest absolute Gasteiger partial charge is 0.338 e. The Bertz CT molecular complexity index is 784. The topological polar surface area (TPSA) is 58.4 Å². The normalized spacial score (nSPS) is 17.0. The summed E-state index contributed by atoms with van der Waals surface area (Å²) >= 11 is 0. The molecule has 0 unspecified atom stereocenters. The van der Waals surface area contributed by atoms with Crippen molar-refractivity contribution in [3.05, 3.63) is 53.3 Å². The van der Waals surface area contributed by atoms with Gasteiger partial charge in [0.2, 0.25) is 11.8 Å². The number of aryl methyl sites for hydroxylation is 2. The summed E-state index contributed by atoms with van der Waals surface area (Å²) in [5, 5.41) is 4.30. The maximum atomic E-state index is 12.5. The van der Waals surface area contributed by atoms with E-state index in [2.05, 4.69) is 17.2 Å². The minimum atomic E-state index is -0.0439. The third kappa shape index (κ3) is 4.31. The molecule has 1 aromatic carbocycles. The number of amides is 2. The Hall–Kier alpha value is -2.63. The highest BCUT2D eigenvalue weighted by atomic mass is 16.2. The number of aromatic nitrogens is 2. The standard InChI is InChI=1S/C20H26N4O2/c1-15-9-18(23(3)21-15)13-22(2)20(26)14-24-12-17(11-19(24)25)10-16-7-5-4-6-8-16/h4-9,17H,10-14H2,1-3H3/t17-/m0/s1. The van der Waals surface area contributed by atoms with Crippen LogP contribution in [0.2, 0.25) is 0 Å². The van der Waals surface area contributed by atoms with Gasteiger partial charge in [-0.2, -0.15) is 5.10 Å². The fourth-order valence-electron chi connectivity index (χ4n) is 3.52. The quantitative estimate of drug-likeness (QED) is 0.794. The number of carbonyl (C=O) groups excluding carboxylic acids is 2. The number of likely N-dealkylation sites (N-methyl/N-ethyl adjacent to an activating group) is 1. The van der Waals surface area contributed by atoms with Crippen LogP contribution in [-0.4, -0.2) is 51.5 Å². The van der Waals surface area contributed by atoms with E-state index < -0.39 is 0 Å². The van der Waals surface area contributed by atoms with Crippen molar-refractivity contribution >= 4 is 11.8 Å². The molecule has 0 spiro atoms. The smallest absolute Gasteiger partial charge is 0.242 e. The van der Waals surface area contributed by atoms with E-state index in [0.717, 1.165) is 17.8 Å². The van der Waals surface area contributed by atoms with Crippen LogP contribution in [0.5, 0.6) is 0 Å². The average Bonchev–Trinajstić information content (AvgIpc) is 3.09. The van der Waals surface area contributed by atoms with Crippen LogP contribution in [-0.2, 0) is 29.6 Å². The molecule has 1 saturated heterocycles. The van der Waals surface area contributed by atoms with Gasteiger partial charge in [-0.1, -0.05) is 30.3 Å². The molecule has 138 valence electrons. The van der Waals surface area contributed by atoms with Gasteiger partial charge >= 0.3 is 0 Å². The molecule has 6 heteroatoms. The number of benzene rings is 1. The molecule has 0 saturated carbocycles. The van der Waals surface area contributed by atoms with Gasteiger partial charge in [0.1, 0.15) is 0 Å². The molecule has 1 aliphatic rings. The molecule has 0 N–H and O–H groups in total. The van der Waals surface area contributed by atoms with Crippen molar-refractivity contribution in [3.63, 3.8) is 0 Å². The Morgan fingerprint density at radius 1 is 1.31 bits per heavy atom. The first-order valence-electron chi connectivity index (χ1n) is 8.97. The fourth-order valence-corrected chi connectivity index (χ4v) is 3.52. The molecule has 0 radical (unpaired) electrons. The van der Waals surface area contributed by atoms with Gasteiger partial charge in [0.05, 0.1) is 24.5 Å². The van der Waals surface area contributed by atoms with E-state index in [4.69, 9.17) is 0 Å². The molecular weight excluding hydrogens is 328 g/mol. The van der Waals surface area contributed by atoms with Crippen LogP contribution < -0.4 is 0 Å². The average molecular weight is 354 g/mol. The SMILES string of the molecule is Cc1cc(CN(C)C(=O)CN2C[C@@H](Cc3ccccc3)CC2=O)n(C)n1. The second-order valence-electron chi connectivity index (χ2n) is 7.18. The second kappa shape index (κ2) is 7.72. The first kappa shape index (κ1) is 18.2. The molecule has 1 fully saturated rings. The van der Waals surface area contributed by atoms with Crippen LogP contribution in [0.15, 0.2) is 36.4 Å². The molecular formula is C20H26N4O2. The fraction of sp³-hybridized carbons (Fsp3) is 0.450. The number of hydrogen-bond acceptors (Lipinski definition) is 3. The van der Waals surface area contributed by atoms with Gasteiger partial charge in [-0.05, 0) is 30.9 Å². The van der Waals surface area contributed by atoms with Crippen molar-refractivity contribution in [2.45, 2.75) is 26.3 Å². The maximum Gasteiger partial charge on any atom is 0.242 e. The van der Waals surface area contributed by atoms with Crippen LogP contribution in [0.25, 0.3) is 0 Å². The first-order chi connectivity index (χ1) is 12.4. The number of carbonyl (C=O) groups is 2. The highest BCUT2D eigenvalue weighted by Gasteiger charge is 2.31. The van der Waals surface area contributed by atoms with Gasteiger partial charge in [-0.25, -0.2) is 0 Å². The van der Waals surface area contributed by atoms with E-state index in [9.17, 15) is 9.59 Å². The van der Waals surface area contributed by atoms with Crippen LogP contribution in [0.1, 0.15) is 23.4 Å². The van der Waals surface area contributed by atoms with E-state index in [0.29, 0.717) is 19.5 Å². The van der Waals surface area contributed by atoms with Crippen LogP contribution in [0, 0.1) is 12.8 Å². The summed E-state index contributed by atoms with van der Waals surface area (Å²) in [6.45, 7) is 3.22. The number of hydrogen-bond donors (Lipinski definition) is 0. The van der Waals surface area contributed by atoms with Crippen LogP contribution >= 0.6 is 0 Å². The maximum absolute atomic E-state index is 12.5. The summed E-state index contributed by atoms with van der Waals surface area (Å²) in [4.78, 5) is 28.2. The lowest BCUT2D eigenvalue weighted by atomic mass is 9.99. The molecule has 6 nitrogen and oxygen atoms in total. The molecule has 3 rings (SSSR count). The highest BCUT2D eigenvalue weighted by Crippen LogP contribution is 2.22. The summed E-state index contributed by atoms with van der Waals surface area (Å²) in [5.41, 5.74) is 3.15. The zero-order chi connectivity index (χ0) is 18.7. The predicted octanol–water partition coefficient (Wildman–Crippen LogP) is 1.78. The van der Waals surface area contributed by atoms with Crippen molar-refractivity contribution in [1.82, 2.24) is 19.6 Å². The molecule has 1 aromatic heterocycles. The highest BCUT2D eigenvalue weighted by molar-refractivity contribution is 5.86. The van der Waals surface area contributed by atoms with Crippen LogP contribution in [0.4, 0.5) is 0 Å². The first-order valence-corrected chi connectivity index (χ1v) is 8.97. The number of nitrogens with zero attached hydrogens (tertiary/aromatic N) is 4. The minimum Gasteiger partial charge on any atom is -0.338 e. The molecule has 1 aliphatic heterocycles. The zero-order valence-electron chi connectivity index (χ0n) is 15.7. The number of rotatable bonds is 6. The van der Waals surface area contributed by atoms with Gasteiger partial charge in [-0.3, -0.25) is 14.3 Å². The van der Waals surface area contributed by atoms with E-state index in [-0.39, 0.29) is 24.3 Å². The Morgan fingerprint density at radius 2 is 2.04 bits per heavy atom. The Kier molecular flexibility index (Phi) is 5.40. The summed E-state index contributed by atoms with van der Waals surface area (Å²) in [5.74, 6) is 0.310. The molecule has 2 heterocycles. The molecule has 2 aromatic rings. The lowest BCUT2D eigenvalue weighted by Crippen LogP contribution is -2.39. The van der Waals surface area contributed by atoms with Crippen molar-refractivity contribution in [2.75, 3.05) is 20.1 Å². The summed E-state index contributed by atoms with van der Waals surface area (Å²) in [6.07, 6.45) is 1.40. The summed E-state index contributed by atoms with van der Waals surface area (Å²) in [6, 6.07) is 12.2. The Balaban J connectivity index is 1.53. The van der Waals surface area contributed by atoms with Crippen molar-refractivity contribution in [1.29, 1.82) is 0 Å². The second-order valence-corrected chi connectivity index (χ2v) is 7.18. The minimum absolute atomic E-state index is 0.0439.